The first kappa shape index (κ1) is 18.0. The summed E-state index contributed by atoms with van der Waals surface area (Å²) in [4.78, 5) is 38.6. The number of fused-ring (bicyclic) bond motifs is 2. The minimum atomic E-state index is -0.380. The first-order valence-electron chi connectivity index (χ1n) is 9.34. The third-order valence-electron chi connectivity index (χ3n) is 4.92. The molecule has 2 aromatic heterocycles. The second-order valence-corrected chi connectivity index (χ2v) is 6.69. The number of nitrogens with one attached hydrogen (secondary N) is 1. The Morgan fingerprint density at radius 3 is 2.39 bits per heavy atom. The van der Waals surface area contributed by atoms with E-state index in [1.54, 1.807) is 24.3 Å². The number of nitrogens with zero attached hydrogens (tertiary/aromatic N) is 1. The zero-order valence-electron chi connectivity index (χ0n) is 15.5. The number of carbonyl (C=O) groups excluding carboxylic acids is 3. The predicted octanol–water partition coefficient (Wildman–Crippen LogP) is 3.24. The van der Waals surface area contributed by atoms with Crippen LogP contribution in [0.1, 0.15) is 61.5 Å². The number of carbonyl (C=O) groups is 3. The van der Waals surface area contributed by atoms with E-state index in [4.69, 9.17) is 4.42 Å². The van der Waals surface area contributed by atoms with Gasteiger partial charge in [0.25, 0.3) is 5.91 Å². The van der Waals surface area contributed by atoms with Gasteiger partial charge in [0.15, 0.2) is 11.5 Å². The highest BCUT2D eigenvalue weighted by Crippen LogP contribution is 2.33. The molecule has 0 bridgehead atoms. The lowest BCUT2D eigenvalue weighted by atomic mass is 9.86. The number of hydrogen-bond donors (Lipinski definition) is 1. The molecule has 0 fully saturated rings. The fourth-order valence-electron chi connectivity index (χ4n) is 3.55. The van der Waals surface area contributed by atoms with E-state index in [1.165, 1.54) is 0 Å². The average Bonchev–Trinajstić information content (AvgIpc) is 3.37. The zero-order chi connectivity index (χ0) is 19.7. The number of hydrogen-bond acceptors (Lipinski definition) is 4. The van der Waals surface area contributed by atoms with Gasteiger partial charge in [0, 0.05) is 43.0 Å². The minimum absolute atomic E-state index is 0.0296. The highest BCUT2D eigenvalue weighted by atomic mass is 16.4. The van der Waals surface area contributed by atoms with Gasteiger partial charge in [-0.2, -0.15) is 0 Å². The maximum Gasteiger partial charge on any atom is 0.255 e. The fourth-order valence-corrected chi connectivity index (χ4v) is 3.55. The first-order chi connectivity index (χ1) is 13.6. The van der Waals surface area contributed by atoms with Crippen LogP contribution in [0.25, 0.3) is 0 Å². The van der Waals surface area contributed by atoms with Crippen LogP contribution in [0.3, 0.4) is 0 Å². The standard InChI is InChI=1S/C22H20N2O4/c1-2-16-17(22(27)23-10-7-13-24-11-5-6-12-24)18-19(25)14-8-3-4-9-15(14)20(26)21(18)28-16/h3-6,8-9,11-12H,2,7,10,13H2,1H3,(H,23,27). The summed E-state index contributed by atoms with van der Waals surface area (Å²) in [5.74, 6) is -0.743. The highest BCUT2D eigenvalue weighted by molar-refractivity contribution is 6.30. The second-order valence-electron chi connectivity index (χ2n) is 6.69. The van der Waals surface area contributed by atoms with Crippen LogP contribution in [0.5, 0.6) is 0 Å². The van der Waals surface area contributed by atoms with Crippen LogP contribution in [0, 0.1) is 0 Å². The Morgan fingerprint density at radius 2 is 1.71 bits per heavy atom. The number of aryl methyl sites for hydroxylation is 2. The van der Waals surface area contributed by atoms with Crippen molar-refractivity contribution in [2.75, 3.05) is 6.54 Å². The molecule has 2 heterocycles. The molecule has 1 amide bonds. The Hall–Kier alpha value is -3.41. The quantitative estimate of drug-likeness (QED) is 0.524. The predicted molar refractivity (Wildman–Crippen MR) is 103 cm³/mol. The number of ketones is 2. The number of aromatic nitrogens is 1. The normalized spacial score (nSPS) is 12.6. The van der Waals surface area contributed by atoms with Crippen molar-refractivity contribution in [3.8, 4) is 0 Å². The van der Waals surface area contributed by atoms with Crippen molar-refractivity contribution in [3.63, 3.8) is 0 Å². The number of furan rings is 1. The maximum atomic E-state index is 13.0. The summed E-state index contributed by atoms with van der Waals surface area (Å²) in [7, 11) is 0. The molecule has 0 saturated heterocycles. The largest absolute Gasteiger partial charge is 0.456 e. The second kappa shape index (κ2) is 7.31. The molecule has 0 radical (unpaired) electrons. The van der Waals surface area contributed by atoms with Crippen LogP contribution in [-0.2, 0) is 13.0 Å². The molecule has 1 aromatic carbocycles. The van der Waals surface area contributed by atoms with Gasteiger partial charge in [0.05, 0.1) is 11.1 Å². The summed E-state index contributed by atoms with van der Waals surface area (Å²) in [6.45, 7) is 3.07. The van der Waals surface area contributed by atoms with Crippen molar-refractivity contribution in [3.05, 3.63) is 82.6 Å². The van der Waals surface area contributed by atoms with Gasteiger partial charge in [0.2, 0.25) is 5.78 Å². The van der Waals surface area contributed by atoms with Crippen molar-refractivity contribution in [2.24, 2.45) is 0 Å². The van der Waals surface area contributed by atoms with E-state index < -0.39 is 0 Å². The molecule has 1 aliphatic rings. The van der Waals surface area contributed by atoms with E-state index in [9.17, 15) is 14.4 Å². The van der Waals surface area contributed by atoms with Gasteiger partial charge < -0.3 is 14.3 Å². The topological polar surface area (TPSA) is 81.3 Å². The third kappa shape index (κ3) is 2.97. The van der Waals surface area contributed by atoms with Gasteiger partial charge in [-0.3, -0.25) is 14.4 Å². The van der Waals surface area contributed by atoms with E-state index in [0.717, 1.165) is 13.0 Å². The molecule has 142 valence electrons. The summed E-state index contributed by atoms with van der Waals surface area (Å²) < 4.78 is 7.71. The summed E-state index contributed by atoms with van der Waals surface area (Å²) in [6.07, 6.45) is 5.09. The van der Waals surface area contributed by atoms with Crippen LogP contribution < -0.4 is 5.32 Å². The summed E-state index contributed by atoms with van der Waals surface area (Å²) in [6, 6.07) is 10.5. The van der Waals surface area contributed by atoms with Gasteiger partial charge in [-0.05, 0) is 18.6 Å². The van der Waals surface area contributed by atoms with E-state index in [-0.39, 0.29) is 34.4 Å². The number of amides is 1. The van der Waals surface area contributed by atoms with E-state index in [0.29, 0.717) is 29.9 Å². The molecule has 1 aliphatic carbocycles. The average molecular weight is 376 g/mol. The zero-order valence-corrected chi connectivity index (χ0v) is 15.5. The number of benzene rings is 1. The molecule has 6 nitrogen and oxygen atoms in total. The summed E-state index contributed by atoms with van der Waals surface area (Å²) in [5, 5.41) is 2.86. The van der Waals surface area contributed by atoms with E-state index in [1.807, 2.05) is 36.0 Å². The van der Waals surface area contributed by atoms with Crippen LogP contribution in [-0.4, -0.2) is 28.6 Å². The van der Waals surface area contributed by atoms with Crippen molar-refractivity contribution in [1.29, 1.82) is 0 Å². The van der Waals surface area contributed by atoms with Crippen molar-refractivity contribution >= 4 is 17.5 Å². The van der Waals surface area contributed by atoms with Crippen LogP contribution in [0.2, 0.25) is 0 Å². The van der Waals surface area contributed by atoms with Gasteiger partial charge >= 0.3 is 0 Å². The Balaban J connectivity index is 1.59. The fraction of sp³-hybridized carbons (Fsp3) is 0.227. The molecule has 0 atom stereocenters. The molecule has 0 unspecified atom stereocenters. The number of rotatable bonds is 6. The lowest BCUT2D eigenvalue weighted by Crippen LogP contribution is -2.29. The maximum absolute atomic E-state index is 13.0. The van der Waals surface area contributed by atoms with E-state index in [2.05, 4.69) is 5.32 Å². The Morgan fingerprint density at radius 1 is 1.04 bits per heavy atom. The van der Waals surface area contributed by atoms with E-state index >= 15 is 0 Å². The molecular formula is C22H20N2O4. The summed E-state index contributed by atoms with van der Waals surface area (Å²) >= 11 is 0. The Kier molecular flexibility index (Phi) is 4.69. The Bertz CT molecular complexity index is 1060. The molecule has 0 saturated carbocycles. The highest BCUT2D eigenvalue weighted by Gasteiger charge is 2.38. The molecule has 28 heavy (non-hydrogen) atoms. The molecule has 1 N–H and O–H groups in total. The smallest absolute Gasteiger partial charge is 0.255 e. The van der Waals surface area contributed by atoms with Crippen molar-refractivity contribution in [2.45, 2.75) is 26.3 Å². The van der Waals surface area contributed by atoms with Crippen LogP contribution in [0.4, 0.5) is 0 Å². The van der Waals surface area contributed by atoms with Gasteiger partial charge in [-0.25, -0.2) is 0 Å². The molecule has 0 spiro atoms. The van der Waals surface area contributed by atoms with Crippen LogP contribution in [0.15, 0.2) is 53.2 Å². The van der Waals surface area contributed by atoms with Gasteiger partial charge in [-0.1, -0.05) is 31.2 Å². The minimum Gasteiger partial charge on any atom is -0.456 e. The van der Waals surface area contributed by atoms with Crippen molar-refractivity contribution < 1.29 is 18.8 Å². The SMILES string of the molecule is CCc1oc2c(c1C(=O)NCCCn1cccc1)C(=O)c1ccccc1C2=O. The monoisotopic (exact) mass is 376 g/mol. The molecule has 4 rings (SSSR count). The molecule has 6 heteroatoms. The van der Waals surface area contributed by atoms with Gasteiger partial charge in [-0.15, -0.1) is 0 Å². The molecule has 0 aliphatic heterocycles. The van der Waals surface area contributed by atoms with Crippen molar-refractivity contribution in [1.82, 2.24) is 9.88 Å². The third-order valence-corrected chi connectivity index (χ3v) is 4.92. The Labute approximate surface area is 162 Å². The first-order valence-corrected chi connectivity index (χ1v) is 9.34. The lowest BCUT2D eigenvalue weighted by Gasteiger charge is -2.14. The molecule has 3 aromatic rings. The van der Waals surface area contributed by atoms with Crippen LogP contribution >= 0.6 is 0 Å². The summed E-state index contributed by atoms with van der Waals surface area (Å²) in [5.41, 5.74) is 0.898. The van der Waals surface area contributed by atoms with Gasteiger partial charge in [0.1, 0.15) is 5.76 Å². The lowest BCUT2D eigenvalue weighted by molar-refractivity contribution is 0.0937. The molecular weight excluding hydrogens is 356 g/mol.